The maximum absolute atomic E-state index is 13.9. The van der Waals surface area contributed by atoms with Crippen LogP contribution in [0.2, 0.25) is 0 Å². The first-order valence-corrected chi connectivity index (χ1v) is 10.5. The molecular weight excluding hydrogens is 417 g/mol. The molecule has 4 aromatic heterocycles. The zero-order valence-corrected chi connectivity index (χ0v) is 18.5. The fraction of sp³-hybridized carbons (Fsp3) is 0.120. The lowest BCUT2D eigenvalue weighted by molar-refractivity contribution is 0.627. The van der Waals surface area contributed by atoms with Crippen LogP contribution in [0.3, 0.4) is 0 Å². The second-order valence-corrected chi connectivity index (χ2v) is 7.80. The van der Waals surface area contributed by atoms with Crippen LogP contribution >= 0.6 is 0 Å². The standard InChI is InChI=1S/C25H22FN7/c1-5-7-18(16-8-6-9-17(26)12-16)22-14(2)28-25(30-22)24-23-20(31-32-24)11-10-19(29-23)21-13-27-15(3)33(21)4/h5-13H,1H2,2-4H3,(H,28,30)(H,31,32)/b18-7-. The third-order valence-corrected chi connectivity index (χ3v) is 5.67. The molecule has 5 aromatic rings. The number of aromatic amines is 2. The van der Waals surface area contributed by atoms with Crippen LogP contribution in [0.4, 0.5) is 4.39 Å². The minimum absolute atomic E-state index is 0.309. The van der Waals surface area contributed by atoms with E-state index in [0.717, 1.165) is 39.6 Å². The van der Waals surface area contributed by atoms with Crippen LogP contribution in [0, 0.1) is 19.7 Å². The van der Waals surface area contributed by atoms with E-state index in [2.05, 4.69) is 26.7 Å². The zero-order valence-electron chi connectivity index (χ0n) is 18.5. The third-order valence-electron chi connectivity index (χ3n) is 5.67. The van der Waals surface area contributed by atoms with E-state index in [9.17, 15) is 4.39 Å². The van der Waals surface area contributed by atoms with Gasteiger partial charge in [-0.25, -0.2) is 19.3 Å². The molecule has 0 saturated carbocycles. The lowest BCUT2D eigenvalue weighted by atomic mass is 10.0. The number of aryl methyl sites for hydroxylation is 2. The average molecular weight is 439 g/mol. The summed E-state index contributed by atoms with van der Waals surface area (Å²) in [6.45, 7) is 7.68. The van der Waals surface area contributed by atoms with E-state index in [0.29, 0.717) is 22.7 Å². The van der Waals surface area contributed by atoms with Crippen LogP contribution in [-0.4, -0.2) is 34.7 Å². The lowest BCUT2D eigenvalue weighted by Crippen LogP contribution is -1.96. The van der Waals surface area contributed by atoms with Gasteiger partial charge < -0.3 is 9.55 Å². The highest BCUT2D eigenvalue weighted by Gasteiger charge is 2.19. The van der Waals surface area contributed by atoms with E-state index >= 15 is 0 Å². The summed E-state index contributed by atoms with van der Waals surface area (Å²) in [5.74, 6) is 1.17. The Morgan fingerprint density at radius 2 is 2.00 bits per heavy atom. The van der Waals surface area contributed by atoms with Crippen molar-refractivity contribution in [3.05, 3.63) is 89.9 Å². The Morgan fingerprint density at radius 3 is 2.73 bits per heavy atom. The second kappa shape index (κ2) is 7.98. The van der Waals surface area contributed by atoms with Gasteiger partial charge in [-0.1, -0.05) is 30.9 Å². The van der Waals surface area contributed by atoms with Crippen molar-refractivity contribution in [2.45, 2.75) is 13.8 Å². The molecule has 2 N–H and O–H groups in total. The highest BCUT2D eigenvalue weighted by atomic mass is 19.1. The SMILES string of the molecule is C=C/C=C(/c1cccc(F)c1)c1nc(-c2n[nH]c3ccc(-c4cnc(C)n4C)nc23)[nH]c1C. The molecule has 0 unspecified atom stereocenters. The van der Waals surface area contributed by atoms with Gasteiger partial charge in [-0.05, 0) is 43.7 Å². The van der Waals surface area contributed by atoms with Gasteiger partial charge >= 0.3 is 0 Å². The van der Waals surface area contributed by atoms with Crippen LogP contribution < -0.4 is 0 Å². The molecular formula is C25H22FN7. The Labute approximate surface area is 189 Å². The van der Waals surface area contributed by atoms with Crippen LogP contribution in [0.1, 0.15) is 22.8 Å². The Bertz CT molecular complexity index is 1530. The second-order valence-electron chi connectivity index (χ2n) is 7.80. The molecule has 0 saturated heterocycles. The van der Waals surface area contributed by atoms with E-state index in [-0.39, 0.29) is 5.82 Å². The smallest absolute Gasteiger partial charge is 0.161 e. The number of imidazole rings is 2. The van der Waals surface area contributed by atoms with Crippen molar-refractivity contribution in [1.82, 2.24) is 34.7 Å². The van der Waals surface area contributed by atoms with Gasteiger partial charge in [0, 0.05) is 18.3 Å². The number of allylic oxidation sites excluding steroid dienone is 2. The maximum atomic E-state index is 13.9. The predicted molar refractivity (Wildman–Crippen MR) is 127 cm³/mol. The van der Waals surface area contributed by atoms with Crippen molar-refractivity contribution in [3.8, 4) is 22.9 Å². The molecule has 0 amide bonds. The summed E-state index contributed by atoms with van der Waals surface area (Å²) >= 11 is 0. The topological polar surface area (TPSA) is 88.1 Å². The summed E-state index contributed by atoms with van der Waals surface area (Å²) in [5, 5.41) is 7.50. The molecule has 0 aliphatic carbocycles. The largest absolute Gasteiger partial charge is 0.340 e. The number of hydrogen-bond acceptors (Lipinski definition) is 4. The molecule has 0 aliphatic heterocycles. The molecule has 0 aliphatic rings. The van der Waals surface area contributed by atoms with Gasteiger partial charge in [-0.15, -0.1) is 0 Å². The molecule has 0 bridgehead atoms. The fourth-order valence-electron chi connectivity index (χ4n) is 3.87. The lowest BCUT2D eigenvalue weighted by Gasteiger charge is -2.06. The quantitative estimate of drug-likeness (QED) is 0.372. The van der Waals surface area contributed by atoms with E-state index < -0.39 is 0 Å². The minimum Gasteiger partial charge on any atom is -0.340 e. The normalized spacial score (nSPS) is 11.9. The Kier molecular flexibility index (Phi) is 4.97. The number of H-pyrrole nitrogens is 2. The number of pyridine rings is 1. The molecule has 8 heteroatoms. The summed E-state index contributed by atoms with van der Waals surface area (Å²) in [6.07, 6.45) is 5.30. The predicted octanol–water partition coefficient (Wildman–Crippen LogP) is 5.12. The van der Waals surface area contributed by atoms with Crippen molar-refractivity contribution in [2.24, 2.45) is 7.05 Å². The molecule has 4 heterocycles. The number of nitrogens with zero attached hydrogens (tertiary/aromatic N) is 5. The first kappa shape index (κ1) is 20.6. The van der Waals surface area contributed by atoms with Gasteiger partial charge in [0.05, 0.1) is 28.8 Å². The van der Waals surface area contributed by atoms with Gasteiger partial charge in [0.1, 0.15) is 17.2 Å². The van der Waals surface area contributed by atoms with Crippen LogP contribution in [0.15, 0.2) is 61.3 Å². The maximum Gasteiger partial charge on any atom is 0.161 e. The van der Waals surface area contributed by atoms with Gasteiger partial charge in [0.2, 0.25) is 0 Å². The van der Waals surface area contributed by atoms with Crippen molar-refractivity contribution < 1.29 is 4.39 Å². The molecule has 0 spiro atoms. The van der Waals surface area contributed by atoms with Crippen LogP contribution in [0.5, 0.6) is 0 Å². The number of halogens is 1. The number of rotatable bonds is 5. The summed E-state index contributed by atoms with van der Waals surface area (Å²) in [6, 6.07) is 10.3. The van der Waals surface area contributed by atoms with E-state index in [4.69, 9.17) is 9.97 Å². The number of nitrogens with one attached hydrogen (secondary N) is 2. The van der Waals surface area contributed by atoms with Gasteiger partial charge in [0.15, 0.2) is 11.5 Å². The Hall–Kier alpha value is -4.33. The molecule has 0 radical (unpaired) electrons. The van der Waals surface area contributed by atoms with E-state index in [1.165, 1.54) is 12.1 Å². The van der Waals surface area contributed by atoms with Gasteiger partial charge in [-0.2, -0.15) is 5.10 Å². The fourth-order valence-corrected chi connectivity index (χ4v) is 3.87. The number of aromatic nitrogens is 7. The number of fused-ring (bicyclic) bond motifs is 1. The van der Waals surface area contributed by atoms with Crippen LogP contribution in [0.25, 0.3) is 39.5 Å². The van der Waals surface area contributed by atoms with Crippen LogP contribution in [-0.2, 0) is 7.05 Å². The highest BCUT2D eigenvalue weighted by molar-refractivity contribution is 5.90. The number of hydrogen-bond donors (Lipinski definition) is 2. The Morgan fingerprint density at radius 1 is 1.15 bits per heavy atom. The van der Waals surface area contributed by atoms with E-state index in [1.54, 1.807) is 12.1 Å². The molecule has 1 aromatic carbocycles. The summed E-state index contributed by atoms with van der Waals surface area (Å²) < 4.78 is 15.9. The molecule has 0 fully saturated rings. The number of benzene rings is 1. The highest BCUT2D eigenvalue weighted by Crippen LogP contribution is 2.31. The monoisotopic (exact) mass is 439 g/mol. The molecule has 33 heavy (non-hydrogen) atoms. The molecule has 164 valence electrons. The van der Waals surface area contributed by atoms with Crippen molar-refractivity contribution in [3.63, 3.8) is 0 Å². The zero-order chi connectivity index (χ0) is 23.1. The third kappa shape index (κ3) is 3.55. The summed E-state index contributed by atoms with van der Waals surface area (Å²) in [5.41, 5.74) is 6.84. The minimum atomic E-state index is -0.309. The molecule has 7 nitrogen and oxygen atoms in total. The average Bonchev–Trinajstić information content (AvgIpc) is 3.49. The van der Waals surface area contributed by atoms with Gasteiger partial charge in [-0.3, -0.25) is 5.10 Å². The van der Waals surface area contributed by atoms with Crippen molar-refractivity contribution in [1.29, 1.82) is 0 Å². The van der Waals surface area contributed by atoms with Crippen molar-refractivity contribution in [2.75, 3.05) is 0 Å². The van der Waals surface area contributed by atoms with E-state index in [1.807, 2.05) is 55.9 Å². The Balaban J connectivity index is 1.62. The first-order chi connectivity index (χ1) is 16.0. The molecule has 5 rings (SSSR count). The first-order valence-electron chi connectivity index (χ1n) is 10.5. The van der Waals surface area contributed by atoms with Crippen molar-refractivity contribution >= 4 is 16.6 Å². The van der Waals surface area contributed by atoms with Gasteiger partial charge in [0.25, 0.3) is 0 Å². The summed E-state index contributed by atoms with van der Waals surface area (Å²) in [4.78, 5) is 17.4. The molecule has 0 atom stereocenters. The summed E-state index contributed by atoms with van der Waals surface area (Å²) in [7, 11) is 1.96.